The second kappa shape index (κ2) is 13.4. The van der Waals surface area contributed by atoms with E-state index in [2.05, 4.69) is 10.0 Å². The fourth-order valence-electron chi connectivity index (χ4n) is 3.55. The molecule has 1 heterocycles. The van der Waals surface area contributed by atoms with Crippen molar-refractivity contribution >= 4 is 18.3 Å². The zero-order valence-corrected chi connectivity index (χ0v) is 23.2. The van der Waals surface area contributed by atoms with E-state index in [0.29, 0.717) is 65.0 Å². The van der Waals surface area contributed by atoms with Gasteiger partial charge in [0.2, 0.25) is 0 Å². The van der Waals surface area contributed by atoms with Crippen molar-refractivity contribution in [2.45, 2.75) is 98.0 Å². The van der Waals surface area contributed by atoms with Gasteiger partial charge in [-0.3, -0.25) is 4.90 Å². The molecule has 0 aliphatic carbocycles. The van der Waals surface area contributed by atoms with Gasteiger partial charge in [-0.05, 0) is 86.6 Å². The zero-order chi connectivity index (χ0) is 27.6. The average Bonchev–Trinajstić information content (AvgIpc) is 2.69. The lowest BCUT2D eigenvalue weighted by atomic mass is 10.2. The Labute approximate surface area is 214 Å². The van der Waals surface area contributed by atoms with Gasteiger partial charge in [-0.2, -0.15) is 0 Å². The molecule has 0 unspecified atom stereocenters. The maximum atomic E-state index is 12.8. The Bertz CT molecular complexity index is 798. The smallest absolute Gasteiger partial charge is 0.413 e. The van der Waals surface area contributed by atoms with E-state index >= 15 is 0 Å². The Morgan fingerprint density at radius 2 is 1.67 bits per heavy atom. The van der Waals surface area contributed by atoms with Crippen molar-refractivity contribution in [3.05, 3.63) is 10.4 Å². The number of hydrogen-bond acceptors (Lipinski definition) is 7. The van der Waals surface area contributed by atoms with Crippen LogP contribution in [0.2, 0.25) is 0 Å². The number of azide groups is 1. The summed E-state index contributed by atoms with van der Waals surface area (Å²) in [5.41, 5.74) is 6.03. The number of ether oxygens (including phenoxy) is 3. The van der Waals surface area contributed by atoms with Gasteiger partial charge in [-0.25, -0.2) is 14.4 Å². The van der Waals surface area contributed by atoms with Gasteiger partial charge < -0.3 is 24.0 Å². The Morgan fingerprint density at radius 3 is 2.25 bits per heavy atom. The molecule has 1 rings (SSSR count). The molecule has 1 fully saturated rings. The first-order valence-electron chi connectivity index (χ1n) is 12.5. The summed E-state index contributed by atoms with van der Waals surface area (Å²) >= 11 is 0. The van der Waals surface area contributed by atoms with Gasteiger partial charge >= 0.3 is 18.3 Å². The number of amides is 3. The highest BCUT2D eigenvalue weighted by molar-refractivity contribution is 5.72. The summed E-state index contributed by atoms with van der Waals surface area (Å²) in [5.74, 6) is 0. The molecule has 0 spiro atoms. The minimum Gasteiger partial charge on any atom is -0.444 e. The van der Waals surface area contributed by atoms with E-state index in [1.165, 1.54) is 4.90 Å². The Kier molecular flexibility index (Phi) is 11.6. The van der Waals surface area contributed by atoms with E-state index in [1.54, 1.807) is 44.4 Å². The van der Waals surface area contributed by atoms with Crippen molar-refractivity contribution in [3.63, 3.8) is 0 Å². The van der Waals surface area contributed by atoms with Crippen LogP contribution in [0.3, 0.4) is 0 Å². The number of rotatable bonds is 9. The summed E-state index contributed by atoms with van der Waals surface area (Å²) in [5, 5.41) is 3.52. The van der Waals surface area contributed by atoms with Crippen molar-refractivity contribution in [1.29, 1.82) is 0 Å². The molecular weight excluding hydrogens is 468 g/mol. The quantitative estimate of drug-likeness (QED) is 0.131. The summed E-state index contributed by atoms with van der Waals surface area (Å²) in [6, 6.07) is 0. The van der Waals surface area contributed by atoms with Gasteiger partial charge in [0.25, 0.3) is 0 Å². The van der Waals surface area contributed by atoms with E-state index < -0.39 is 35.2 Å². The number of hydrogen-bond donors (Lipinski definition) is 0. The summed E-state index contributed by atoms with van der Waals surface area (Å²) < 4.78 is 16.6. The van der Waals surface area contributed by atoms with Crippen molar-refractivity contribution in [2.75, 3.05) is 39.3 Å². The van der Waals surface area contributed by atoms with Crippen LogP contribution in [-0.4, -0.2) is 89.2 Å². The fraction of sp³-hybridized carbons (Fsp3) is 0.875. The van der Waals surface area contributed by atoms with Gasteiger partial charge in [-0.15, -0.1) is 0 Å². The summed E-state index contributed by atoms with van der Waals surface area (Å²) in [6.07, 6.45) is 0.992. The van der Waals surface area contributed by atoms with Crippen molar-refractivity contribution in [2.24, 2.45) is 5.11 Å². The molecule has 1 saturated heterocycles. The molecule has 12 heteroatoms. The maximum Gasteiger partial charge on any atom is 0.413 e. The van der Waals surface area contributed by atoms with Crippen LogP contribution >= 0.6 is 0 Å². The molecule has 0 aromatic heterocycles. The third-order valence-electron chi connectivity index (χ3n) is 5.18. The lowest BCUT2D eigenvalue weighted by Gasteiger charge is -2.41. The van der Waals surface area contributed by atoms with Crippen molar-refractivity contribution < 1.29 is 28.6 Å². The van der Waals surface area contributed by atoms with E-state index in [0.717, 1.165) is 0 Å². The molecule has 1 aliphatic rings. The maximum absolute atomic E-state index is 12.8. The third kappa shape index (κ3) is 11.7. The topological polar surface area (TPSA) is 137 Å². The predicted molar refractivity (Wildman–Crippen MR) is 135 cm³/mol. The fourth-order valence-corrected chi connectivity index (χ4v) is 3.55. The van der Waals surface area contributed by atoms with Crippen LogP contribution in [0.15, 0.2) is 5.11 Å². The Morgan fingerprint density at radius 1 is 1.06 bits per heavy atom. The number of carbonyl (C=O) groups excluding carboxylic acids is 3. The molecule has 0 aromatic rings. The van der Waals surface area contributed by atoms with Crippen LogP contribution in [0, 0.1) is 0 Å². The van der Waals surface area contributed by atoms with Gasteiger partial charge in [0.15, 0.2) is 5.72 Å². The highest BCUT2D eigenvalue weighted by Crippen LogP contribution is 2.24. The molecule has 0 saturated carbocycles. The van der Waals surface area contributed by atoms with E-state index in [1.807, 2.05) is 20.8 Å². The summed E-state index contributed by atoms with van der Waals surface area (Å²) in [4.78, 5) is 45.5. The highest BCUT2D eigenvalue weighted by atomic mass is 16.6. The lowest BCUT2D eigenvalue weighted by Crippen LogP contribution is -2.56. The van der Waals surface area contributed by atoms with Crippen LogP contribution in [-0.2, 0) is 14.2 Å². The van der Waals surface area contributed by atoms with Crippen LogP contribution in [0.25, 0.3) is 10.4 Å². The predicted octanol–water partition coefficient (Wildman–Crippen LogP) is 5.52. The molecule has 0 radical (unpaired) electrons. The number of unbranched alkanes of at least 4 members (excludes halogenated alkanes) is 1. The molecule has 3 amide bonds. The van der Waals surface area contributed by atoms with Crippen molar-refractivity contribution in [3.8, 4) is 0 Å². The van der Waals surface area contributed by atoms with Gasteiger partial charge in [0, 0.05) is 44.2 Å². The Balaban J connectivity index is 2.66. The molecule has 0 N–H and O–H groups in total. The van der Waals surface area contributed by atoms with Gasteiger partial charge in [0.1, 0.15) is 11.2 Å². The second-order valence-electron chi connectivity index (χ2n) is 11.3. The number of cyclic esters (lactones) is 1. The molecular formula is C24H44N6O6. The van der Waals surface area contributed by atoms with Gasteiger partial charge in [-0.1, -0.05) is 5.11 Å². The van der Waals surface area contributed by atoms with E-state index in [4.69, 9.17) is 19.7 Å². The third-order valence-corrected chi connectivity index (χ3v) is 5.18. The van der Waals surface area contributed by atoms with E-state index in [9.17, 15) is 14.4 Å². The number of carbonyl (C=O) groups is 3. The number of nitrogens with zero attached hydrogens (tertiary/aromatic N) is 6. The zero-order valence-electron chi connectivity index (χ0n) is 23.2. The average molecular weight is 513 g/mol. The van der Waals surface area contributed by atoms with Crippen molar-refractivity contribution in [1.82, 2.24) is 14.7 Å². The molecule has 12 nitrogen and oxygen atoms in total. The minimum absolute atomic E-state index is 0.297. The minimum atomic E-state index is -1.16. The molecule has 1 aliphatic heterocycles. The molecule has 206 valence electrons. The SMILES string of the molecule is CC(C)(C)OC(=O)N(CCCCN1CCCN(C(=O)OC(C)(C)C)C(C)(C)OC1=O)CCCN=[N+]=[N-]. The summed E-state index contributed by atoms with van der Waals surface area (Å²) in [7, 11) is 0. The normalized spacial score (nSPS) is 16.3. The van der Waals surface area contributed by atoms with Crippen LogP contribution in [0.1, 0.15) is 81.1 Å². The van der Waals surface area contributed by atoms with Crippen LogP contribution < -0.4 is 0 Å². The standard InChI is InChI=1S/C24H44N6O6/c1-22(2,3)34-19(31)28(16-11-13-26-27-25)14-9-10-15-29-17-12-18-30(21(33)35-23(4,5)6)24(7,8)36-20(29)32/h9-18H2,1-8H3. The van der Waals surface area contributed by atoms with Gasteiger partial charge in [0.05, 0.1) is 0 Å². The van der Waals surface area contributed by atoms with E-state index in [-0.39, 0.29) is 0 Å². The molecule has 36 heavy (non-hydrogen) atoms. The molecule has 0 bridgehead atoms. The first kappa shape index (κ1) is 31.2. The van der Waals surface area contributed by atoms with Crippen LogP contribution in [0.4, 0.5) is 14.4 Å². The monoisotopic (exact) mass is 512 g/mol. The largest absolute Gasteiger partial charge is 0.444 e. The lowest BCUT2D eigenvalue weighted by molar-refractivity contribution is -0.104. The highest BCUT2D eigenvalue weighted by Gasteiger charge is 2.39. The first-order valence-corrected chi connectivity index (χ1v) is 12.5. The molecule has 0 atom stereocenters. The first-order chi connectivity index (χ1) is 16.6. The molecule has 0 aromatic carbocycles. The second-order valence-corrected chi connectivity index (χ2v) is 11.3. The summed E-state index contributed by atoms with van der Waals surface area (Å²) in [6.45, 7) is 16.6. The Hall–Kier alpha value is -2.88. The van der Waals surface area contributed by atoms with Crippen LogP contribution in [0.5, 0.6) is 0 Å².